The highest BCUT2D eigenvalue weighted by Crippen LogP contribution is 2.42. The lowest BCUT2D eigenvalue weighted by Crippen LogP contribution is -2.31. The van der Waals surface area contributed by atoms with Crippen molar-refractivity contribution in [2.75, 3.05) is 7.05 Å². The highest BCUT2D eigenvalue weighted by Gasteiger charge is 2.40. The van der Waals surface area contributed by atoms with Crippen LogP contribution in [0, 0.1) is 5.92 Å². The number of halogens is 6. The van der Waals surface area contributed by atoms with Crippen LogP contribution in [0.3, 0.4) is 0 Å². The van der Waals surface area contributed by atoms with Crippen LogP contribution in [0.1, 0.15) is 53.5 Å². The monoisotopic (exact) mass is 501 g/mol. The van der Waals surface area contributed by atoms with E-state index in [1.54, 1.807) is 6.07 Å². The van der Waals surface area contributed by atoms with Gasteiger partial charge in [-0.2, -0.15) is 13.2 Å². The van der Waals surface area contributed by atoms with Crippen molar-refractivity contribution in [3.05, 3.63) is 73.7 Å². The maximum absolute atomic E-state index is 13.8. The molecule has 2 nitrogen and oxygen atoms in total. The predicted molar refractivity (Wildman–Crippen MR) is 122 cm³/mol. The third kappa shape index (κ3) is 4.80. The Balaban J connectivity index is 1.57. The molecular weight excluding hydrogens is 482 g/mol. The molecule has 1 saturated carbocycles. The molecule has 2 unspecified atom stereocenters. The molecule has 1 amide bonds. The summed E-state index contributed by atoms with van der Waals surface area (Å²) in [6.07, 6.45) is 1.56. The van der Waals surface area contributed by atoms with E-state index in [0.29, 0.717) is 5.56 Å². The number of aryl methyl sites for hydroxylation is 1. The molecule has 0 heterocycles. The normalized spacial score (nSPS) is 19.3. The zero-order valence-electron chi connectivity index (χ0n) is 17.2. The van der Waals surface area contributed by atoms with Gasteiger partial charge >= 0.3 is 6.18 Å². The molecule has 4 rings (SSSR count). The number of carbonyl (C=O) groups is 1. The molecule has 32 heavy (non-hydrogen) atoms. The van der Waals surface area contributed by atoms with Crippen LogP contribution >= 0.6 is 34.8 Å². The smallest absolute Gasteiger partial charge is 0.338 e. The molecule has 0 N–H and O–H groups in total. The minimum Gasteiger partial charge on any atom is -0.338 e. The van der Waals surface area contributed by atoms with Gasteiger partial charge in [0, 0.05) is 13.0 Å². The molecular formula is C24H21Cl3F3NO. The Hall–Kier alpha value is -1.69. The van der Waals surface area contributed by atoms with E-state index in [1.165, 1.54) is 18.2 Å². The van der Waals surface area contributed by atoms with E-state index in [9.17, 15) is 18.0 Å². The molecule has 0 aromatic heterocycles. The van der Waals surface area contributed by atoms with Gasteiger partial charge in [0.05, 0.1) is 27.0 Å². The minimum atomic E-state index is -4.52. The van der Waals surface area contributed by atoms with E-state index in [0.717, 1.165) is 42.9 Å². The first-order chi connectivity index (χ1) is 15.1. The van der Waals surface area contributed by atoms with E-state index in [2.05, 4.69) is 0 Å². The summed E-state index contributed by atoms with van der Waals surface area (Å²) >= 11 is 17.8. The van der Waals surface area contributed by atoms with Gasteiger partial charge < -0.3 is 4.90 Å². The predicted octanol–water partition coefficient (Wildman–Crippen LogP) is 7.86. The van der Waals surface area contributed by atoms with E-state index >= 15 is 0 Å². The summed E-state index contributed by atoms with van der Waals surface area (Å²) in [5, 5.41) is -0.0178. The molecule has 0 aliphatic heterocycles. The summed E-state index contributed by atoms with van der Waals surface area (Å²) in [5.74, 6) is -1.54. The average molecular weight is 503 g/mol. The van der Waals surface area contributed by atoms with Crippen LogP contribution in [0.15, 0.2) is 36.4 Å². The van der Waals surface area contributed by atoms with E-state index in [1.807, 2.05) is 24.1 Å². The molecule has 0 radical (unpaired) electrons. The number of benzene rings is 2. The number of nitrogens with zero attached hydrogens (tertiary/aromatic N) is 1. The number of amides is 1. The van der Waals surface area contributed by atoms with Crippen LogP contribution in [0.4, 0.5) is 13.2 Å². The Kier molecular flexibility index (Phi) is 6.54. The van der Waals surface area contributed by atoms with E-state index < -0.39 is 12.1 Å². The van der Waals surface area contributed by atoms with Gasteiger partial charge in [-0.05, 0) is 60.1 Å². The third-order valence-corrected chi connectivity index (χ3v) is 7.35. The Morgan fingerprint density at radius 2 is 1.75 bits per heavy atom. The Bertz CT molecular complexity index is 1060. The van der Waals surface area contributed by atoms with Crippen molar-refractivity contribution in [2.45, 2.75) is 43.8 Å². The molecule has 170 valence electrons. The summed E-state index contributed by atoms with van der Waals surface area (Å²) in [4.78, 5) is 14.3. The summed E-state index contributed by atoms with van der Waals surface area (Å²) in [6.45, 7) is 0. The summed E-state index contributed by atoms with van der Waals surface area (Å²) < 4.78 is 41.3. The zero-order chi connectivity index (χ0) is 23.2. The van der Waals surface area contributed by atoms with Crippen LogP contribution in [0.5, 0.6) is 0 Å². The van der Waals surface area contributed by atoms with Gasteiger partial charge in [0.1, 0.15) is 0 Å². The van der Waals surface area contributed by atoms with E-state index in [-0.39, 0.29) is 38.5 Å². The Labute approximate surface area is 199 Å². The zero-order valence-corrected chi connectivity index (χ0v) is 19.5. The lowest BCUT2D eigenvalue weighted by molar-refractivity contribution is -0.139. The number of carbonyl (C=O) groups excluding carboxylic acids is 1. The Morgan fingerprint density at radius 1 is 1.09 bits per heavy atom. The second kappa shape index (κ2) is 8.92. The summed E-state index contributed by atoms with van der Waals surface area (Å²) in [5.41, 5.74) is 2.73. The molecule has 2 aliphatic rings. The third-order valence-electron chi connectivity index (χ3n) is 6.15. The highest BCUT2D eigenvalue weighted by molar-refractivity contribution is 6.48. The molecule has 2 aliphatic carbocycles. The van der Waals surface area contributed by atoms with Crippen molar-refractivity contribution < 1.29 is 18.0 Å². The maximum atomic E-state index is 13.8. The van der Waals surface area contributed by atoms with Crippen molar-refractivity contribution in [2.24, 2.45) is 5.92 Å². The van der Waals surface area contributed by atoms with Crippen molar-refractivity contribution in [3.63, 3.8) is 0 Å². The summed E-state index contributed by atoms with van der Waals surface area (Å²) in [7, 11) is 1.84. The number of hydrogen-bond donors (Lipinski definition) is 0. The van der Waals surface area contributed by atoms with Gasteiger partial charge in [-0.15, -0.1) is 0 Å². The molecule has 2 atom stereocenters. The summed E-state index contributed by atoms with van der Waals surface area (Å²) in [6, 6.07) is 8.02. The first-order valence-corrected chi connectivity index (χ1v) is 11.5. The van der Waals surface area contributed by atoms with Crippen LogP contribution in [0.2, 0.25) is 15.1 Å². The van der Waals surface area contributed by atoms with Crippen molar-refractivity contribution in [1.82, 2.24) is 4.90 Å². The topological polar surface area (TPSA) is 20.3 Å². The second-order valence-electron chi connectivity index (χ2n) is 8.41. The van der Waals surface area contributed by atoms with Gasteiger partial charge in [0.25, 0.3) is 0 Å². The van der Waals surface area contributed by atoms with Gasteiger partial charge in [-0.3, -0.25) is 4.79 Å². The number of hydrogen-bond acceptors (Lipinski definition) is 1. The lowest BCUT2D eigenvalue weighted by atomic mass is 9.96. The van der Waals surface area contributed by atoms with Crippen molar-refractivity contribution in [1.29, 1.82) is 0 Å². The molecule has 0 saturated heterocycles. The minimum absolute atomic E-state index is 0.0229. The van der Waals surface area contributed by atoms with E-state index in [4.69, 9.17) is 34.8 Å². The fourth-order valence-corrected chi connectivity index (χ4v) is 4.88. The number of rotatable bonds is 5. The number of fused-ring (bicyclic) bond motifs is 1. The Morgan fingerprint density at radius 3 is 2.34 bits per heavy atom. The largest absolute Gasteiger partial charge is 0.399 e. The second-order valence-corrected chi connectivity index (χ2v) is 9.61. The fraction of sp³-hybridized carbons (Fsp3) is 0.375. The van der Waals surface area contributed by atoms with Gasteiger partial charge in [-0.1, -0.05) is 65.2 Å². The number of allylic oxidation sites excluding steroid dienone is 1. The maximum Gasteiger partial charge on any atom is 0.399 e. The van der Waals surface area contributed by atoms with Crippen LogP contribution in [0.25, 0.3) is 6.08 Å². The fourth-order valence-electron chi connectivity index (χ4n) is 4.26. The van der Waals surface area contributed by atoms with Crippen molar-refractivity contribution in [3.8, 4) is 0 Å². The first-order valence-electron chi connectivity index (χ1n) is 10.3. The van der Waals surface area contributed by atoms with Crippen LogP contribution in [-0.4, -0.2) is 24.0 Å². The van der Waals surface area contributed by atoms with Gasteiger partial charge in [0.2, 0.25) is 5.91 Å². The first kappa shape index (κ1) is 23.5. The molecule has 8 heteroatoms. The van der Waals surface area contributed by atoms with Crippen LogP contribution in [-0.2, 0) is 11.2 Å². The highest BCUT2D eigenvalue weighted by atomic mass is 35.5. The van der Waals surface area contributed by atoms with Gasteiger partial charge in [0.15, 0.2) is 0 Å². The molecule has 0 spiro atoms. The molecule has 2 aromatic carbocycles. The molecule has 2 aromatic rings. The van der Waals surface area contributed by atoms with Crippen molar-refractivity contribution >= 4 is 46.8 Å². The van der Waals surface area contributed by atoms with Gasteiger partial charge in [-0.25, -0.2) is 0 Å². The van der Waals surface area contributed by atoms with Crippen LogP contribution < -0.4 is 0 Å². The molecule has 0 bridgehead atoms. The average Bonchev–Trinajstić information content (AvgIpc) is 3.49. The number of alkyl halides is 3. The lowest BCUT2D eigenvalue weighted by Gasteiger charge is -2.25. The molecule has 1 fully saturated rings. The standard InChI is InChI=1S/C24H21Cl3F3NO/c1-31(23(32)14-4-5-14)21-9-6-15-10-13(2-7-17(15)21)3-8-18(24(28,29)30)16-11-19(25)22(27)20(26)12-16/h2-3,7-8,10-12,14,18,21H,4-6,9H2,1H3/b8-3+. The quantitative estimate of drug-likeness (QED) is 0.381. The SMILES string of the molecule is CN(C(=O)C1CC1)C1CCc2cc(/C=C/C(c3cc(Cl)c(Cl)c(Cl)c3)C(F)(F)F)ccc21.